The van der Waals surface area contributed by atoms with E-state index >= 15 is 0 Å². The molecule has 0 N–H and O–H groups in total. The minimum Gasteiger partial charge on any atom is -0.249 e. The number of aromatic nitrogens is 1. The lowest BCUT2D eigenvalue weighted by Crippen LogP contribution is -2.40. The molecule has 1 aromatic rings. The predicted molar refractivity (Wildman–Crippen MR) is 73.4 cm³/mol. The van der Waals surface area contributed by atoms with Crippen LogP contribution in [0.4, 0.5) is 11.5 Å². The first-order valence-corrected chi connectivity index (χ1v) is 7.33. The molecule has 100 valence electrons. The van der Waals surface area contributed by atoms with Crippen molar-refractivity contribution in [3.8, 4) is 0 Å². The van der Waals surface area contributed by atoms with Gasteiger partial charge in [-0.05, 0) is 17.5 Å². The van der Waals surface area contributed by atoms with Gasteiger partial charge >= 0.3 is 10.2 Å². The highest BCUT2D eigenvalue weighted by atomic mass is 35.5. The minimum atomic E-state index is -3.53. The molecule has 0 unspecified atom stereocenters. The molecule has 0 radical (unpaired) electrons. The van der Waals surface area contributed by atoms with Crippen LogP contribution in [0.3, 0.4) is 0 Å². The highest BCUT2D eigenvalue weighted by Crippen LogP contribution is 2.40. The van der Waals surface area contributed by atoms with Gasteiger partial charge in [-0.3, -0.25) is 0 Å². The summed E-state index contributed by atoms with van der Waals surface area (Å²) in [5, 5.41) is 0.286. The van der Waals surface area contributed by atoms with Gasteiger partial charge in [0.2, 0.25) is 0 Å². The summed E-state index contributed by atoms with van der Waals surface area (Å²) in [5.74, 6) is 0.381. The third kappa shape index (κ3) is 2.14. The first-order chi connectivity index (χ1) is 8.13. The molecule has 1 aliphatic rings. The summed E-state index contributed by atoms with van der Waals surface area (Å²) in [4.78, 5) is 4.08. The van der Waals surface area contributed by atoms with E-state index in [-0.39, 0.29) is 10.6 Å². The monoisotopic (exact) mass is 289 g/mol. The molecule has 1 aliphatic heterocycles. The van der Waals surface area contributed by atoms with Crippen LogP contribution in [0.1, 0.15) is 20.8 Å². The van der Waals surface area contributed by atoms with Gasteiger partial charge in [0.05, 0.1) is 5.69 Å². The molecule has 0 fully saturated rings. The maximum absolute atomic E-state index is 12.3. The van der Waals surface area contributed by atoms with E-state index in [1.54, 1.807) is 12.1 Å². The number of hydrogen-bond donors (Lipinski definition) is 0. The third-order valence-corrected chi connectivity index (χ3v) is 4.59. The van der Waals surface area contributed by atoms with Crippen molar-refractivity contribution in [1.29, 1.82) is 0 Å². The number of anilines is 2. The molecule has 0 aromatic carbocycles. The van der Waals surface area contributed by atoms with Crippen molar-refractivity contribution in [2.45, 2.75) is 20.8 Å². The van der Waals surface area contributed by atoms with E-state index in [1.165, 1.54) is 15.7 Å². The van der Waals surface area contributed by atoms with E-state index in [0.29, 0.717) is 18.1 Å². The van der Waals surface area contributed by atoms with Crippen LogP contribution in [-0.2, 0) is 10.2 Å². The lowest BCUT2D eigenvalue weighted by molar-refractivity contribution is 0.427. The number of halogens is 1. The van der Waals surface area contributed by atoms with Gasteiger partial charge in [0.15, 0.2) is 5.82 Å². The zero-order valence-corrected chi connectivity index (χ0v) is 12.4. The van der Waals surface area contributed by atoms with Crippen molar-refractivity contribution < 1.29 is 8.42 Å². The van der Waals surface area contributed by atoms with Crippen LogP contribution in [0.25, 0.3) is 0 Å². The Morgan fingerprint density at radius 2 is 1.94 bits per heavy atom. The fraction of sp³-hybridized carbons (Fsp3) is 0.545. The first-order valence-electron chi connectivity index (χ1n) is 5.56. The average Bonchev–Trinajstić information content (AvgIpc) is 2.39. The van der Waals surface area contributed by atoms with Gasteiger partial charge < -0.3 is 0 Å². The fourth-order valence-electron chi connectivity index (χ4n) is 1.82. The van der Waals surface area contributed by atoms with Gasteiger partial charge in [0.25, 0.3) is 0 Å². The number of pyridine rings is 1. The predicted octanol–water partition coefficient (Wildman–Crippen LogP) is 2.28. The Labute approximate surface area is 113 Å². The molecule has 7 heteroatoms. The SMILES string of the molecule is CN1c2nc(Cl)ccc2N(CC(C)(C)C)S1(=O)=O. The van der Waals surface area contributed by atoms with Gasteiger partial charge in [0, 0.05) is 13.6 Å². The van der Waals surface area contributed by atoms with Gasteiger partial charge in [-0.2, -0.15) is 8.42 Å². The van der Waals surface area contributed by atoms with Crippen molar-refractivity contribution in [3.05, 3.63) is 17.3 Å². The molecular formula is C11H16ClN3O2S. The smallest absolute Gasteiger partial charge is 0.249 e. The van der Waals surface area contributed by atoms with E-state index < -0.39 is 10.2 Å². The molecule has 5 nitrogen and oxygen atoms in total. The summed E-state index contributed by atoms with van der Waals surface area (Å²) in [6.45, 7) is 6.37. The number of nitrogens with zero attached hydrogens (tertiary/aromatic N) is 3. The molecule has 0 saturated carbocycles. The molecule has 0 bridgehead atoms. The molecule has 18 heavy (non-hydrogen) atoms. The van der Waals surface area contributed by atoms with E-state index in [0.717, 1.165) is 0 Å². The Balaban J connectivity index is 2.55. The van der Waals surface area contributed by atoms with Gasteiger partial charge in [0.1, 0.15) is 5.15 Å². The molecule has 0 atom stereocenters. The molecule has 0 amide bonds. The second-order valence-corrected chi connectivity index (χ2v) is 7.79. The quantitative estimate of drug-likeness (QED) is 0.745. The van der Waals surface area contributed by atoms with E-state index in [2.05, 4.69) is 4.98 Å². The number of fused-ring (bicyclic) bond motifs is 1. The number of rotatable bonds is 1. The molecular weight excluding hydrogens is 274 g/mol. The van der Waals surface area contributed by atoms with E-state index in [4.69, 9.17) is 11.6 Å². The second kappa shape index (κ2) is 3.99. The largest absolute Gasteiger partial charge is 0.327 e. The average molecular weight is 290 g/mol. The zero-order valence-electron chi connectivity index (χ0n) is 10.8. The Hall–Kier alpha value is -1.01. The molecule has 0 saturated heterocycles. The Kier molecular flexibility index (Phi) is 2.98. The normalized spacial score (nSPS) is 18.1. The summed E-state index contributed by atoms with van der Waals surface area (Å²) in [6.07, 6.45) is 0. The van der Waals surface area contributed by atoms with Crippen molar-refractivity contribution in [3.63, 3.8) is 0 Å². The molecule has 0 spiro atoms. The van der Waals surface area contributed by atoms with E-state index in [1.807, 2.05) is 20.8 Å². The topological polar surface area (TPSA) is 53.5 Å². The maximum Gasteiger partial charge on any atom is 0.327 e. The molecule has 2 rings (SSSR count). The third-order valence-electron chi connectivity index (χ3n) is 2.63. The summed E-state index contributed by atoms with van der Waals surface area (Å²) < 4.78 is 27.2. The van der Waals surface area contributed by atoms with Crippen LogP contribution < -0.4 is 8.61 Å². The van der Waals surface area contributed by atoms with Gasteiger partial charge in [-0.15, -0.1) is 0 Å². The Bertz CT molecular complexity index is 580. The summed E-state index contributed by atoms with van der Waals surface area (Å²) in [6, 6.07) is 3.29. The Morgan fingerprint density at radius 3 is 2.50 bits per heavy atom. The van der Waals surface area contributed by atoms with Crippen molar-refractivity contribution >= 4 is 33.3 Å². The van der Waals surface area contributed by atoms with Crippen molar-refractivity contribution in [1.82, 2.24) is 4.98 Å². The lowest BCUT2D eigenvalue weighted by atomic mass is 9.97. The number of hydrogen-bond acceptors (Lipinski definition) is 3. The van der Waals surface area contributed by atoms with Crippen LogP contribution in [-0.4, -0.2) is 27.0 Å². The van der Waals surface area contributed by atoms with Crippen LogP contribution in [0, 0.1) is 5.41 Å². The maximum atomic E-state index is 12.3. The standard InChI is InChI=1S/C11H16ClN3O2S/c1-11(2,3)7-15-8-5-6-9(12)13-10(8)14(4)18(15,16)17/h5-6H,7H2,1-4H3. The lowest BCUT2D eigenvalue weighted by Gasteiger charge is -2.27. The van der Waals surface area contributed by atoms with Gasteiger partial charge in [-0.25, -0.2) is 13.6 Å². The summed E-state index contributed by atoms with van der Waals surface area (Å²) in [7, 11) is -2.04. The van der Waals surface area contributed by atoms with Crippen LogP contribution in [0.5, 0.6) is 0 Å². The van der Waals surface area contributed by atoms with Crippen LogP contribution in [0.15, 0.2) is 12.1 Å². The molecule has 1 aromatic heterocycles. The van der Waals surface area contributed by atoms with Gasteiger partial charge in [-0.1, -0.05) is 32.4 Å². The highest BCUT2D eigenvalue weighted by Gasteiger charge is 2.40. The van der Waals surface area contributed by atoms with Crippen LogP contribution in [0.2, 0.25) is 5.15 Å². The Morgan fingerprint density at radius 1 is 1.33 bits per heavy atom. The highest BCUT2D eigenvalue weighted by molar-refractivity contribution is 7.94. The van der Waals surface area contributed by atoms with Crippen LogP contribution >= 0.6 is 11.6 Å². The molecule has 0 aliphatic carbocycles. The molecule has 2 heterocycles. The minimum absolute atomic E-state index is 0.144. The first kappa shape index (κ1) is 13.4. The summed E-state index contributed by atoms with van der Waals surface area (Å²) in [5.41, 5.74) is 0.437. The van der Waals surface area contributed by atoms with E-state index in [9.17, 15) is 8.42 Å². The van der Waals surface area contributed by atoms with Crippen molar-refractivity contribution in [2.24, 2.45) is 5.41 Å². The summed E-state index contributed by atoms with van der Waals surface area (Å²) >= 11 is 5.81. The van der Waals surface area contributed by atoms with Crippen molar-refractivity contribution in [2.75, 3.05) is 22.2 Å². The zero-order chi connectivity index (χ0) is 13.7. The second-order valence-electron chi connectivity index (χ2n) is 5.52. The fourth-order valence-corrected chi connectivity index (χ4v) is 3.56.